The highest BCUT2D eigenvalue weighted by Gasteiger charge is 2.28. The van der Waals surface area contributed by atoms with Crippen LogP contribution in [0.2, 0.25) is 0 Å². The summed E-state index contributed by atoms with van der Waals surface area (Å²) in [6.45, 7) is 11.0. The molecule has 0 amide bonds. The van der Waals surface area contributed by atoms with E-state index in [-0.39, 0.29) is 6.04 Å². The molecule has 0 fully saturated rings. The second-order valence-corrected chi connectivity index (χ2v) is 9.22. The van der Waals surface area contributed by atoms with E-state index in [9.17, 15) is 0 Å². The zero-order chi connectivity index (χ0) is 24.0. The van der Waals surface area contributed by atoms with Crippen LogP contribution in [-0.4, -0.2) is 32.9 Å². The van der Waals surface area contributed by atoms with Gasteiger partial charge in [0.1, 0.15) is 5.82 Å². The Morgan fingerprint density at radius 3 is 2.51 bits per heavy atom. The van der Waals surface area contributed by atoms with Crippen molar-refractivity contribution < 1.29 is 0 Å². The third-order valence-corrected chi connectivity index (χ3v) is 6.75. The predicted octanol–water partition coefficient (Wildman–Crippen LogP) is 6.22. The lowest BCUT2D eigenvalue weighted by molar-refractivity contribution is 0.328. The van der Waals surface area contributed by atoms with Crippen LogP contribution in [-0.2, 0) is 19.5 Å². The van der Waals surface area contributed by atoms with Gasteiger partial charge in [-0.25, -0.2) is 4.98 Å². The van der Waals surface area contributed by atoms with Gasteiger partial charge in [0.15, 0.2) is 0 Å². The van der Waals surface area contributed by atoms with Crippen molar-refractivity contribution in [3.8, 4) is 0 Å². The van der Waals surface area contributed by atoms with Crippen molar-refractivity contribution in [3.63, 3.8) is 0 Å². The second kappa shape index (κ2) is 10.7. The summed E-state index contributed by atoms with van der Waals surface area (Å²) in [5.74, 6) is 0.974. The molecule has 2 aromatic carbocycles. The maximum Gasteiger partial charge on any atom is 0.126 e. The Balaban J connectivity index is 1.46. The van der Waals surface area contributed by atoms with Crippen molar-refractivity contribution in [1.82, 2.24) is 19.9 Å². The minimum Gasteiger partial charge on any atom is -0.355 e. The molecule has 1 unspecified atom stereocenters. The van der Waals surface area contributed by atoms with Gasteiger partial charge in [-0.05, 0) is 60.7 Å². The molecule has 0 radical (unpaired) electrons. The topological polar surface area (TPSA) is 48.0 Å². The van der Waals surface area contributed by atoms with E-state index < -0.39 is 0 Å². The number of imidazole rings is 1. The Kier molecular flexibility index (Phi) is 7.05. The predicted molar refractivity (Wildman–Crippen MR) is 144 cm³/mol. The van der Waals surface area contributed by atoms with Crippen LogP contribution >= 0.6 is 0 Å². The summed E-state index contributed by atoms with van der Waals surface area (Å²) in [5.41, 5.74) is 7.11. The normalized spacial score (nSPS) is 15.2. The fourth-order valence-electron chi connectivity index (χ4n) is 5.13. The van der Waals surface area contributed by atoms with Crippen LogP contribution in [0.1, 0.15) is 41.5 Å². The smallest absolute Gasteiger partial charge is 0.126 e. The molecule has 178 valence electrons. The van der Waals surface area contributed by atoms with E-state index in [4.69, 9.17) is 9.97 Å². The van der Waals surface area contributed by atoms with Crippen molar-refractivity contribution in [2.75, 3.05) is 18.0 Å². The minimum atomic E-state index is 0.219. The highest BCUT2D eigenvalue weighted by molar-refractivity contribution is 5.74. The number of para-hydroxylation sites is 2. The van der Waals surface area contributed by atoms with E-state index in [1.807, 2.05) is 30.5 Å². The van der Waals surface area contributed by atoms with E-state index in [0.29, 0.717) is 6.54 Å². The molecule has 35 heavy (non-hydrogen) atoms. The average molecular weight is 464 g/mol. The molecular formula is C30H33N5. The molecular weight excluding hydrogens is 430 g/mol. The number of hydrogen-bond donors (Lipinski definition) is 1. The van der Waals surface area contributed by atoms with Crippen LogP contribution in [0.3, 0.4) is 0 Å². The fraction of sp³-hybridized carbons (Fsp3) is 0.267. The first-order chi connectivity index (χ1) is 17.2. The van der Waals surface area contributed by atoms with Crippen LogP contribution in [0, 0.1) is 0 Å². The standard InChI is InChI=1S/C30H33N5/c1-3-19-34(20-4-2)21-23-14-16-25(17-15-23)35(22-29-32-26-11-5-6-12-27(26)33-29)28-13-7-9-24-10-8-18-31-30(24)28/h3-6,8,10-12,14-18,28H,1-2,7,9,13,19-22H2,(H,32,33). The summed E-state index contributed by atoms with van der Waals surface area (Å²) in [4.78, 5) is 18.0. The van der Waals surface area contributed by atoms with Crippen molar-refractivity contribution in [3.05, 3.63) is 115 Å². The van der Waals surface area contributed by atoms with Crippen LogP contribution in [0.25, 0.3) is 11.0 Å². The molecule has 5 rings (SSSR count). The third kappa shape index (κ3) is 5.20. The number of aryl methyl sites for hydroxylation is 1. The van der Waals surface area contributed by atoms with Gasteiger partial charge in [-0.15, -0.1) is 13.2 Å². The monoisotopic (exact) mass is 463 g/mol. The van der Waals surface area contributed by atoms with Crippen molar-refractivity contribution in [2.45, 2.75) is 38.4 Å². The Hall–Kier alpha value is -3.70. The molecule has 0 aliphatic heterocycles. The Bertz CT molecular complexity index is 1250. The number of rotatable bonds is 10. The van der Waals surface area contributed by atoms with Crippen LogP contribution in [0.15, 0.2) is 92.2 Å². The van der Waals surface area contributed by atoms with Gasteiger partial charge < -0.3 is 9.88 Å². The largest absolute Gasteiger partial charge is 0.355 e. The number of H-pyrrole nitrogens is 1. The highest BCUT2D eigenvalue weighted by atomic mass is 15.2. The molecule has 2 heterocycles. The number of aromatic amines is 1. The molecule has 1 atom stereocenters. The number of anilines is 1. The summed E-state index contributed by atoms with van der Waals surface area (Å²) in [5, 5.41) is 0. The van der Waals surface area contributed by atoms with Gasteiger partial charge >= 0.3 is 0 Å². The number of aromatic nitrogens is 3. The number of nitrogens with zero attached hydrogens (tertiary/aromatic N) is 4. The summed E-state index contributed by atoms with van der Waals surface area (Å²) >= 11 is 0. The van der Waals surface area contributed by atoms with Gasteiger partial charge in [-0.2, -0.15) is 0 Å². The number of hydrogen-bond acceptors (Lipinski definition) is 4. The summed E-state index contributed by atoms with van der Waals surface area (Å²) in [7, 11) is 0. The van der Waals surface area contributed by atoms with E-state index in [1.54, 1.807) is 0 Å². The summed E-state index contributed by atoms with van der Waals surface area (Å²) in [6, 6.07) is 21.7. The maximum atomic E-state index is 4.88. The zero-order valence-electron chi connectivity index (χ0n) is 20.2. The molecule has 1 aliphatic rings. The fourth-order valence-corrected chi connectivity index (χ4v) is 5.13. The van der Waals surface area contributed by atoms with Gasteiger partial charge in [-0.1, -0.05) is 42.5 Å². The third-order valence-electron chi connectivity index (χ3n) is 6.75. The lowest BCUT2D eigenvalue weighted by Crippen LogP contribution is -2.32. The molecule has 0 saturated carbocycles. The van der Waals surface area contributed by atoms with E-state index in [2.05, 4.69) is 76.5 Å². The number of fused-ring (bicyclic) bond motifs is 2. The molecule has 2 aromatic heterocycles. The van der Waals surface area contributed by atoms with Crippen LogP contribution in [0.5, 0.6) is 0 Å². The molecule has 0 saturated heterocycles. The highest BCUT2D eigenvalue weighted by Crippen LogP contribution is 2.37. The Morgan fingerprint density at radius 1 is 0.943 bits per heavy atom. The molecule has 5 heteroatoms. The lowest BCUT2D eigenvalue weighted by atomic mass is 9.90. The maximum absolute atomic E-state index is 4.88. The average Bonchev–Trinajstić information content (AvgIpc) is 3.31. The molecule has 0 spiro atoms. The number of benzene rings is 2. The number of nitrogens with one attached hydrogen (secondary N) is 1. The molecule has 1 aliphatic carbocycles. The van der Waals surface area contributed by atoms with Gasteiger partial charge in [0.2, 0.25) is 0 Å². The zero-order valence-corrected chi connectivity index (χ0v) is 20.2. The van der Waals surface area contributed by atoms with Gasteiger partial charge in [0, 0.05) is 31.5 Å². The molecule has 0 bridgehead atoms. The van der Waals surface area contributed by atoms with Gasteiger partial charge in [-0.3, -0.25) is 9.88 Å². The lowest BCUT2D eigenvalue weighted by Gasteiger charge is -2.36. The molecule has 1 N–H and O–H groups in total. The van der Waals surface area contributed by atoms with Crippen molar-refractivity contribution in [1.29, 1.82) is 0 Å². The van der Waals surface area contributed by atoms with Gasteiger partial charge in [0.05, 0.1) is 29.3 Å². The van der Waals surface area contributed by atoms with Crippen molar-refractivity contribution in [2.24, 2.45) is 0 Å². The first kappa shape index (κ1) is 23.1. The van der Waals surface area contributed by atoms with E-state index in [1.165, 1.54) is 22.5 Å². The Morgan fingerprint density at radius 2 is 1.74 bits per heavy atom. The summed E-state index contributed by atoms with van der Waals surface area (Å²) < 4.78 is 0. The molecule has 5 nitrogen and oxygen atoms in total. The second-order valence-electron chi connectivity index (χ2n) is 9.22. The Labute approximate surface area is 207 Å². The van der Waals surface area contributed by atoms with Crippen LogP contribution in [0.4, 0.5) is 5.69 Å². The quantitative estimate of drug-likeness (QED) is 0.284. The van der Waals surface area contributed by atoms with Crippen LogP contribution < -0.4 is 4.90 Å². The first-order valence-electron chi connectivity index (χ1n) is 12.4. The SMILES string of the molecule is C=CCN(CC=C)Cc1ccc(N(Cc2nc3ccccc3[nH]2)C2CCCc3cccnc32)cc1. The van der Waals surface area contributed by atoms with Gasteiger partial charge in [0.25, 0.3) is 0 Å². The number of pyridine rings is 1. The minimum absolute atomic E-state index is 0.219. The molecule has 4 aromatic rings. The summed E-state index contributed by atoms with van der Waals surface area (Å²) in [6.07, 6.45) is 9.16. The van der Waals surface area contributed by atoms with Crippen molar-refractivity contribution >= 4 is 16.7 Å². The first-order valence-corrected chi connectivity index (χ1v) is 12.4. The van der Waals surface area contributed by atoms with E-state index in [0.717, 1.165) is 55.8 Å². The van der Waals surface area contributed by atoms with E-state index >= 15 is 0 Å².